The molecule has 1 unspecified atom stereocenters. The lowest BCUT2D eigenvalue weighted by molar-refractivity contribution is -0.148. The van der Waals surface area contributed by atoms with E-state index < -0.39 is 5.54 Å². The fraction of sp³-hybridized carbons (Fsp3) is 0.600. The molecule has 1 amide bonds. The van der Waals surface area contributed by atoms with Crippen LogP contribution in [0.1, 0.15) is 41.6 Å². The number of hydrogen-bond donors (Lipinski definition) is 0. The third kappa shape index (κ3) is 3.62. The van der Waals surface area contributed by atoms with Crippen LogP contribution in [0.2, 0.25) is 0 Å². The molecule has 1 aromatic rings. The summed E-state index contributed by atoms with van der Waals surface area (Å²) in [6.07, 6.45) is 3.87. The highest BCUT2D eigenvalue weighted by Crippen LogP contribution is 2.39. The van der Waals surface area contributed by atoms with Crippen LogP contribution in [0, 0.1) is 0 Å². The number of methoxy groups -OCH3 is 2. The van der Waals surface area contributed by atoms with E-state index in [1.807, 2.05) is 23.1 Å². The van der Waals surface area contributed by atoms with Crippen molar-refractivity contribution in [3.05, 3.63) is 35.4 Å². The second kappa shape index (κ2) is 8.18. The first-order chi connectivity index (χ1) is 12.6. The van der Waals surface area contributed by atoms with Crippen LogP contribution in [0.4, 0.5) is 0 Å². The molecular weight excluding hydrogens is 332 g/mol. The van der Waals surface area contributed by atoms with Crippen LogP contribution in [0.25, 0.3) is 0 Å². The monoisotopic (exact) mass is 360 g/mol. The van der Waals surface area contributed by atoms with Gasteiger partial charge in [-0.2, -0.15) is 0 Å². The Labute approximate surface area is 155 Å². The zero-order valence-electron chi connectivity index (χ0n) is 15.7. The molecule has 0 saturated carbocycles. The lowest BCUT2D eigenvalue weighted by atomic mass is 9.85. The van der Waals surface area contributed by atoms with Gasteiger partial charge in [-0.05, 0) is 49.9 Å². The number of esters is 1. The van der Waals surface area contributed by atoms with Crippen LogP contribution in [0.5, 0.6) is 0 Å². The van der Waals surface area contributed by atoms with Gasteiger partial charge in [-0.3, -0.25) is 9.69 Å². The zero-order chi connectivity index (χ0) is 18.6. The maximum absolute atomic E-state index is 13.2. The first-order valence-corrected chi connectivity index (χ1v) is 9.31. The Morgan fingerprint density at radius 3 is 2.69 bits per heavy atom. The van der Waals surface area contributed by atoms with Gasteiger partial charge >= 0.3 is 5.97 Å². The van der Waals surface area contributed by atoms with Crippen LogP contribution in [0.15, 0.2) is 24.3 Å². The van der Waals surface area contributed by atoms with E-state index in [4.69, 9.17) is 9.47 Å². The molecule has 2 aliphatic rings. The van der Waals surface area contributed by atoms with Crippen LogP contribution < -0.4 is 0 Å². The molecule has 2 saturated heterocycles. The first kappa shape index (κ1) is 18.9. The molecule has 0 N–H and O–H groups in total. The molecule has 1 atom stereocenters. The summed E-state index contributed by atoms with van der Waals surface area (Å²) in [4.78, 5) is 29.3. The average molecular weight is 360 g/mol. The third-order valence-corrected chi connectivity index (χ3v) is 5.61. The van der Waals surface area contributed by atoms with E-state index >= 15 is 0 Å². The van der Waals surface area contributed by atoms with Gasteiger partial charge in [0.1, 0.15) is 5.54 Å². The van der Waals surface area contributed by atoms with E-state index in [2.05, 4.69) is 4.90 Å². The number of rotatable bonds is 6. The minimum Gasteiger partial charge on any atom is -0.465 e. The lowest BCUT2D eigenvalue weighted by Gasteiger charge is -2.44. The predicted octanol–water partition coefficient (Wildman–Crippen LogP) is 2.08. The fourth-order valence-corrected chi connectivity index (χ4v) is 4.31. The summed E-state index contributed by atoms with van der Waals surface area (Å²) in [5, 5.41) is 0. The molecule has 2 heterocycles. The van der Waals surface area contributed by atoms with Gasteiger partial charge in [0.2, 0.25) is 5.91 Å². The maximum Gasteiger partial charge on any atom is 0.337 e. The normalized spacial score (nSPS) is 23.6. The van der Waals surface area contributed by atoms with E-state index in [1.165, 1.54) is 7.11 Å². The summed E-state index contributed by atoms with van der Waals surface area (Å²) in [5.41, 5.74) is 1.19. The summed E-state index contributed by atoms with van der Waals surface area (Å²) in [7, 11) is 3.06. The highest BCUT2D eigenvalue weighted by atomic mass is 16.5. The van der Waals surface area contributed by atoms with Gasteiger partial charge in [0.25, 0.3) is 0 Å². The second-order valence-corrected chi connectivity index (χ2v) is 7.14. The van der Waals surface area contributed by atoms with Crippen LogP contribution in [0.3, 0.4) is 0 Å². The number of piperidine rings is 1. The summed E-state index contributed by atoms with van der Waals surface area (Å²) < 4.78 is 9.98. The van der Waals surface area contributed by atoms with Crippen molar-refractivity contribution in [2.75, 3.05) is 40.5 Å². The Kier molecular flexibility index (Phi) is 5.94. The van der Waals surface area contributed by atoms with Gasteiger partial charge in [-0.15, -0.1) is 0 Å². The van der Waals surface area contributed by atoms with Crippen molar-refractivity contribution < 1.29 is 19.1 Å². The average Bonchev–Trinajstić information content (AvgIpc) is 3.05. The SMILES string of the molecule is COCCN1CCCC2(CCCN2Cc2cccc(C(=O)OC)c2)C1=O. The van der Waals surface area contributed by atoms with Crippen molar-refractivity contribution in [1.82, 2.24) is 9.80 Å². The number of benzene rings is 1. The maximum atomic E-state index is 13.2. The van der Waals surface area contributed by atoms with E-state index in [9.17, 15) is 9.59 Å². The Balaban J connectivity index is 1.77. The van der Waals surface area contributed by atoms with Gasteiger partial charge in [0, 0.05) is 26.7 Å². The molecule has 26 heavy (non-hydrogen) atoms. The van der Waals surface area contributed by atoms with Gasteiger partial charge in [0.15, 0.2) is 0 Å². The number of amides is 1. The lowest BCUT2D eigenvalue weighted by Crippen LogP contribution is -2.60. The number of likely N-dealkylation sites (tertiary alicyclic amines) is 2. The third-order valence-electron chi connectivity index (χ3n) is 5.61. The number of carbonyl (C=O) groups excluding carboxylic acids is 2. The molecule has 0 radical (unpaired) electrons. The number of ether oxygens (including phenoxy) is 2. The highest BCUT2D eigenvalue weighted by Gasteiger charge is 2.50. The Morgan fingerprint density at radius 1 is 1.19 bits per heavy atom. The Hall–Kier alpha value is -1.92. The van der Waals surface area contributed by atoms with Crippen molar-refractivity contribution in [1.29, 1.82) is 0 Å². The summed E-state index contributed by atoms with van der Waals surface area (Å²) in [5.74, 6) is -0.0927. The molecule has 2 fully saturated rings. The molecule has 3 rings (SSSR count). The molecule has 1 aromatic carbocycles. The number of carbonyl (C=O) groups is 2. The van der Waals surface area contributed by atoms with Crippen molar-refractivity contribution in [2.24, 2.45) is 0 Å². The van der Waals surface area contributed by atoms with Gasteiger partial charge in [-0.25, -0.2) is 4.79 Å². The van der Waals surface area contributed by atoms with Crippen LogP contribution in [-0.4, -0.2) is 67.7 Å². The largest absolute Gasteiger partial charge is 0.465 e. The topological polar surface area (TPSA) is 59.1 Å². The fourth-order valence-electron chi connectivity index (χ4n) is 4.31. The molecule has 0 aromatic heterocycles. The van der Waals surface area contributed by atoms with E-state index in [1.54, 1.807) is 13.2 Å². The number of hydrogen-bond acceptors (Lipinski definition) is 5. The highest BCUT2D eigenvalue weighted by molar-refractivity contribution is 5.89. The summed E-state index contributed by atoms with van der Waals surface area (Å²) in [6, 6.07) is 7.51. The van der Waals surface area contributed by atoms with Crippen molar-refractivity contribution >= 4 is 11.9 Å². The molecular formula is C20H28N2O4. The zero-order valence-corrected chi connectivity index (χ0v) is 15.7. The molecule has 1 spiro atoms. The van der Waals surface area contributed by atoms with Gasteiger partial charge in [-0.1, -0.05) is 12.1 Å². The summed E-state index contributed by atoms with van der Waals surface area (Å²) in [6.45, 7) is 3.63. The van der Waals surface area contributed by atoms with Gasteiger partial charge in [0.05, 0.1) is 19.3 Å². The van der Waals surface area contributed by atoms with E-state index in [-0.39, 0.29) is 11.9 Å². The standard InChI is InChI=1S/C20H28N2O4/c1-25-13-12-21-10-4-8-20(19(21)24)9-5-11-22(20)15-16-6-3-7-17(14-16)18(23)26-2/h3,6-7,14H,4-5,8-13,15H2,1-2H3. The summed E-state index contributed by atoms with van der Waals surface area (Å²) >= 11 is 0. The molecule has 2 aliphatic heterocycles. The van der Waals surface area contributed by atoms with E-state index in [0.29, 0.717) is 25.3 Å². The van der Waals surface area contributed by atoms with Crippen molar-refractivity contribution in [3.63, 3.8) is 0 Å². The van der Waals surface area contributed by atoms with Crippen LogP contribution in [-0.2, 0) is 20.8 Å². The predicted molar refractivity (Wildman–Crippen MR) is 97.8 cm³/mol. The molecule has 0 aliphatic carbocycles. The smallest absolute Gasteiger partial charge is 0.337 e. The second-order valence-electron chi connectivity index (χ2n) is 7.14. The quantitative estimate of drug-likeness (QED) is 0.727. The molecule has 6 nitrogen and oxygen atoms in total. The Bertz CT molecular complexity index is 663. The number of nitrogens with zero attached hydrogens (tertiary/aromatic N) is 2. The molecule has 6 heteroatoms. The van der Waals surface area contributed by atoms with Crippen LogP contribution >= 0.6 is 0 Å². The first-order valence-electron chi connectivity index (χ1n) is 9.31. The van der Waals surface area contributed by atoms with E-state index in [0.717, 1.165) is 44.3 Å². The molecule has 0 bridgehead atoms. The minimum atomic E-state index is -0.396. The van der Waals surface area contributed by atoms with Crippen molar-refractivity contribution in [2.45, 2.75) is 37.8 Å². The van der Waals surface area contributed by atoms with Crippen molar-refractivity contribution in [3.8, 4) is 0 Å². The van der Waals surface area contributed by atoms with Gasteiger partial charge < -0.3 is 14.4 Å². The molecule has 142 valence electrons. The minimum absolute atomic E-state index is 0.238. The Morgan fingerprint density at radius 2 is 1.96 bits per heavy atom.